The van der Waals surface area contributed by atoms with Gasteiger partial charge in [-0.1, -0.05) is 51.9 Å². The van der Waals surface area contributed by atoms with E-state index in [0.717, 1.165) is 12.8 Å². The molecule has 0 rings (SSSR count). The number of nitrogens with two attached hydrogens (primary N) is 1. The predicted molar refractivity (Wildman–Crippen MR) is 58.2 cm³/mol. The third-order valence-electron chi connectivity index (χ3n) is 2.44. The summed E-state index contributed by atoms with van der Waals surface area (Å²) in [5, 5.41) is 8.53. The molecule has 0 amide bonds. The van der Waals surface area contributed by atoms with Gasteiger partial charge in [0.2, 0.25) is 0 Å². The van der Waals surface area contributed by atoms with Crippen molar-refractivity contribution >= 4 is 5.97 Å². The summed E-state index contributed by atoms with van der Waals surface area (Å²) in [6.07, 6.45) is 9.05. The van der Waals surface area contributed by atoms with Crippen LogP contribution in [0.5, 0.6) is 0 Å². The summed E-state index contributed by atoms with van der Waals surface area (Å²) >= 11 is 0. The van der Waals surface area contributed by atoms with E-state index in [1.54, 1.807) is 0 Å². The largest absolute Gasteiger partial charge is 0.480 e. The van der Waals surface area contributed by atoms with Gasteiger partial charge in [-0.15, -0.1) is 0 Å². The van der Waals surface area contributed by atoms with Crippen LogP contribution in [0.4, 0.5) is 0 Å². The Bertz CT molecular complexity index is 148. The first kappa shape index (κ1) is 13.4. The van der Waals surface area contributed by atoms with Crippen LogP contribution in [0, 0.1) is 0 Å². The molecular formula is C11H23NO2. The average Bonchev–Trinajstić information content (AvgIpc) is 2.16. The number of aliphatic carboxylic acids is 1. The molecule has 84 valence electrons. The van der Waals surface area contributed by atoms with Crippen molar-refractivity contribution in [1.29, 1.82) is 0 Å². The standard InChI is InChI=1S/C11H23NO2/c1-2-3-4-5-6-7-8-9-10(12)11(13)14/h10H,2-9,12H2,1H3,(H,13,14)/t10-/m0/s1. The van der Waals surface area contributed by atoms with Crippen LogP contribution in [-0.4, -0.2) is 17.1 Å². The van der Waals surface area contributed by atoms with Crippen LogP contribution in [0.3, 0.4) is 0 Å². The fourth-order valence-corrected chi connectivity index (χ4v) is 1.44. The van der Waals surface area contributed by atoms with Crippen molar-refractivity contribution in [3.63, 3.8) is 0 Å². The van der Waals surface area contributed by atoms with E-state index < -0.39 is 12.0 Å². The molecule has 0 aliphatic carbocycles. The third kappa shape index (κ3) is 8.05. The lowest BCUT2D eigenvalue weighted by Gasteiger charge is -2.05. The number of hydrogen-bond donors (Lipinski definition) is 2. The first-order valence-electron chi connectivity index (χ1n) is 5.67. The van der Waals surface area contributed by atoms with Crippen LogP contribution in [0.25, 0.3) is 0 Å². The molecule has 0 fully saturated rings. The highest BCUT2D eigenvalue weighted by atomic mass is 16.4. The van der Waals surface area contributed by atoms with Crippen molar-refractivity contribution in [2.45, 2.75) is 64.3 Å². The molecule has 0 aliphatic rings. The van der Waals surface area contributed by atoms with Crippen molar-refractivity contribution in [2.24, 2.45) is 5.73 Å². The highest BCUT2D eigenvalue weighted by molar-refractivity contribution is 5.72. The highest BCUT2D eigenvalue weighted by Crippen LogP contribution is 2.09. The normalized spacial score (nSPS) is 12.7. The molecule has 0 spiro atoms. The zero-order chi connectivity index (χ0) is 10.8. The highest BCUT2D eigenvalue weighted by Gasteiger charge is 2.09. The van der Waals surface area contributed by atoms with Gasteiger partial charge in [-0.2, -0.15) is 0 Å². The van der Waals surface area contributed by atoms with E-state index in [4.69, 9.17) is 10.8 Å². The number of rotatable bonds is 9. The fraction of sp³-hybridized carbons (Fsp3) is 0.909. The molecule has 0 unspecified atom stereocenters. The quantitative estimate of drug-likeness (QED) is 0.563. The van der Waals surface area contributed by atoms with E-state index in [-0.39, 0.29) is 0 Å². The maximum absolute atomic E-state index is 10.4. The maximum Gasteiger partial charge on any atom is 0.320 e. The predicted octanol–water partition coefficient (Wildman–Crippen LogP) is 2.54. The van der Waals surface area contributed by atoms with Crippen LogP contribution in [0.2, 0.25) is 0 Å². The number of carboxylic acids is 1. The summed E-state index contributed by atoms with van der Waals surface area (Å²) in [6, 6.07) is -0.661. The van der Waals surface area contributed by atoms with E-state index in [2.05, 4.69) is 6.92 Å². The Kier molecular flexibility index (Phi) is 8.64. The first-order valence-corrected chi connectivity index (χ1v) is 5.67. The Morgan fingerprint density at radius 3 is 2.14 bits per heavy atom. The molecule has 0 aromatic carbocycles. The minimum absolute atomic E-state index is 0.614. The summed E-state index contributed by atoms with van der Waals surface area (Å²) in [7, 11) is 0. The summed E-state index contributed by atoms with van der Waals surface area (Å²) in [4.78, 5) is 10.4. The molecule has 0 aliphatic heterocycles. The molecule has 0 saturated heterocycles. The van der Waals surface area contributed by atoms with Crippen molar-refractivity contribution in [2.75, 3.05) is 0 Å². The van der Waals surface area contributed by atoms with Crippen LogP contribution < -0.4 is 5.73 Å². The molecule has 0 saturated carbocycles. The molecule has 3 nitrogen and oxygen atoms in total. The Labute approximate surface area is 86.7 Å². The molecular weight excluding hydrogens is 178 g/mol. The van der Waals surface area contributed by atoms with Gasteiger partial charge in [0.25, 0.3) is 0 Å². The molecule has 1 atom stereocenters. The van der Waals surface area contributed by atoms with Crippen LogP contribution in [-0.2, 0) is 4.79 Å². The Morgan fingerprint density at radius 1 is 1.14 bits per heavy atom. The van der Waals surface area contributed by atoms with Crippen molar-refractivity contribution in [3.8, 4) is 0 Å². The maximum atomic E-state index is 10.4. The number of unbranched alkanes of at least 4 members (excludes halogenated alkanes) is 6. The minimum Gasteiger partial charge on any atom is -0.480 e. The Morgan fingerprint density at radius 2 is 1.64 bits per heavy atom. The second-order valence-electron chi connectivity index (χ2n) is 3.85. The second kappa shape index (κ2) is 9.00. The van der Waals surface area contributed by atoms with Crippen LogP contribution >= 0.6 is 0 Å². The monoisotopic (exact) mass is 201 g/mol. The lowest BCUT2D eigenvalue weighted by molar-refractivity contribution is -0.138. The Balaban J connectivity index is 3.09. The number of carbonyl (C=O) groups is 1. The van der Waals surface area contributed by atoms with Crippen molar-refractivity contribution < 1.29 is 9.90 Å². The molecule has 0 bridgehead atoms. The van der Waals surface area contributed by atoms with Gasteiger partial charge >= 0.3 is 5.97 Å². The topological polar surface area (TPSA) is 63.3 Å². The van der Waals surface area contributed by atoms with E-state index in [1.807, 2.05) is 0 Å². The average molecular weight is 201 g/mol. The summed E-state index contributed by atoms with van der Waals surface area (Å²) in [5.74, 6) is -0.879. The lowest BCUT2D eigenvalue weighted by Crippen LogP contribution is -2.29. The summed E-state index contributed by atoms with van der Waals surface area (Å²) in [5.41, 5.74) is 5.38. The summed E-state index contributed by atoms with van der Waals surface area (Å²) in [6.45, 7) is 2.20. The second-order valence-corrected chi connectivity index (χ2v) is 3.85. The molecule has 0 aromatic heterocycles. The lowest BCUT2D eigenvalue weighted by atomic mass is 10.1. The number of carboxylic acid groups (broad SMARTS) is 1. The van der Waals surface area contributed by atoms with Gasteiger partial charge in [0.1, 0.15) is 6.04 Å². The van der Waals surface area contributed by atoms with Gasteiger partial charge < -0.3 is 10.8 Å². The molecule has 3 heteroatoms. The van der Waals surface area contributed by atoms with E-state index in [0.29, 0.717) is 6.42 Å². The zero-order valence-corrected chi connectivity index (χ0v) is 9.17. The van der Waals surface area contributed by atoms with E-state index >= 15 is 0 Å². The zero-order valence-electron chi connectivity index (χ0n) is 9.17. The number of hydrogen-bond acceptors (Lipinski definition) is 2. The van der Waals surface area contributed by atoms with Gasteiger partial charge in [0.15, 0.2) is 0 Å². The molecule has 0 radical (unpaired) electrons. The first-order chi connectivity index (χ1) is 6.68. The summed E-state index contributed by atoms with van der Waals surface area (Å²) < 4.78 is 0. The van der Waals surface area contributed by atoms with E-state index in [1.165, 1.54) is 32.1 Å². The SMILES string of the molecule is CCCCCCCCC[C@H](N)C(=O)O. The van der Waals surface area contributed by atoms with E-state index in [9.17, 15) is 4.79 Å². The van der Waals surface area contributed by atoms with Gasteiger partial charge in [-0.25, -0.2) is 0 Å². The molecule has 3 N–H and O–H groups in total. The van der Waals surface area contributed by atoms with Gasteiger partial charge in [0, 0.05) is 0 Å². The molecule has 0 aromatic rings. The van der Waals surface area contributed by atoms with Crippen LogP contribution in [0.15, 0.2) is 0 Å². The van der Waals surface area contributed by atoms with Gasteiger partial charge in [-0.3, -0.25) is 4.79 Å². The minimum atomic E-state index is -0.879. The third-order valence-corrected chi connectivity index (χ3v) is 2.44. The van der Waals surface area contributed by atoms with Crippen molar-refractivity contribution in [3.05, 3.63) is 0 Å². The Hall–Kier alpha value is -0.570. The fourth-order valence-electron chi connectivity index (χ4n) is 1.44. The molecule has 0 heterocycles. The smallest absolute Gasteiger partial charge is 0.320 e. The van der Waals surface area contributed by atoms with Crippen LogP contribution in [0.1, 0.15) is 58.3 Å². The van der Waals surface area contributed by atoms with Gasteiger partial charge in [0.05, 0.1) is 0 Å². The van der Waals surface area contributed by atoms with Gasteiger partial charge in [-0.05, 0) is 6.42 Å². The molecule has 14 heavy (non-hydrogen) atoms. The van der Waals surface area contributed by atoms with Crippen molar-refractivity contribution in [1.82, 2.24) is 0 Å².